The highest BCUT2D eigenvalue weighted by molar-refractivity contribution is 7.89. The average molecular weight is 374 g/mol. The number of anilines is 1. The van der Waals surface area contributed by atoms with E-state index in [1.165, 1.54) is 0 Å². The highest BCUT2D eigenvalue weighted by Gasteiger charge is 2.32. The fourth-order valence-electron chi connectivity index (χ4n) is 2.95. The molecule has 138 valence electrons. The second-order valence-corrected chi connectivity index (χ2v) is 8.16. The Morgan fingerprint density at radius 1 is 1.15 bits per heavy atom. The van der Waals surface area contributed by atoms with E-state index >= 15 is 0 Å². The molecule has 0 radical (unpaired) electrons. The van der Waals surface area contributed by atoms with Gasteiger partial charge in [0.1, 0.15) is 5.75 Å². The minimum Gasteiger partial charge on any atom is -0.478 e. The van der Waals surface area contributed by atoms with Crippen molar-refractivity contribution in [2.24, 2.45) is 0 Å². The number of hydrogen-bond acceptors (Lipinski definition) is 4. The second-order valence-electron chi connectivity index (χ2n) is 6.43. The molecule has 1 amide bonds. The number of ether oxygens (including phenoxy) is 1. The van der Waals surface area contributed by atoms with Crippen LogP contribution in [-0.2, 0) is 14.8 Å². The molecule has 0 saturated carbocycles. The molecule has 1 atom stereocenters. The molecule has 6 nitrogen and oxygen atoms in total. The van der Waals surface area contributed by atoms with Crippen LogP contribution < -0.4 is 14.4 Å². The summed E-state index contributed by atoms with van der Waals surface area (Å²) in [4.78, 5) is 14.2. The normalized spacial score (nSPS) is 17.0. The molecule has 0 aromatic heterocycles. The van der Waals surface area contributed by atoms with Gasteiger partial charge in [-0.3, -0.25) is 4.79 Å². The fourth-order valence-corrected chi connectivity index (χ4v) is 4.33. The van der Waals surface area contributed by atoms with Crippen LogP contribution in [0.3, 0.4) is 0 Å². The van der Waals surface area contributed by atoms with Crippen LogP contribution in [0.5, 0.6) is 5.75 Å². The Hall–Kier alpha value is -2.38. The number of aryl methyl sites for hydroxylation is 2. The maximum absolute atomic E-state index is 12.5. The lowest BCUT2D eigenvalue weighted by Gasteiger charge is -2.31. The zero-order valence-corrected chi connectivity index (χ0v) is 15.8. The van der Waals surface area contributed by atoms with Gasteiger partial charge in [-0.1, -0.05) is 24.3 Å². The van der Waals surface area contributed by atoms with Crippen LogP contribution in [0.15, 0.2) is 47.4 Å². The number of amides is 1. The molecule has 1 N–H and O–H groups in total. The lowest BCUT2D eigenvalue weighted by molar-refractivity contribution is -0.126. The van der Waals surface area contributed by atoms with E-state index in [1.54, 1.807) is 37.1 Å². The van der Waals surface area contributed by atoms with Crippen molar-refractivity contribution in [3.05, 3.63) is 53.6 Å². The Morgan fingerprint density at radius 2 is 1.88 bits per heavy atom. The zero-order valence-electron chi connectivity index (χ0n) is 15.0. The lowest BCUT2D eigenvalue weighted by Crippen LogP contribution is -2.45. The minimum absolute atomic E-state index is 0.113. The molecule has 0 bridgehead atoms. The molecular weight excluding hydrogens is 352 g/mol. The summed E-state index contributed by atoms with van der Waals surface area (Å²) in [5, 5.41) is 0. The van der Waals surface area contributed by atoms with Crippen molar-refractivity contribution in [3.8, 4) is 5.75 Å². The maximum Gasteiger partial charge on any atom is 0.267 e. The smallest absolute Gasteiger partial charge is 0.267 e. The quantitative estimate of drug-likeness (QED) is 0.872. The average Bonchev–Trinajstić information content (AvgIpc) is 2.61. The summed E-state index contributed by atoms with van der Waals surface area (Å²) in [6.07, 6.45) is -0.460. The van der Waals surface area contributed by atoms with Crippen molar-refractivity contribution >= 4 is 21.6 Å². The molecule has 0 fully saturated rings. The largest absolute Gasteiger partial charge is 0.478 e. The van der Waals surface area contributed by atoms with E-state index in [4.69, 9.17) is 4.74 Å². The Balaban J connectivity index is 1.68. The van der Waals surface area contributed by atoms with Gasteiger partial charge in [-0.15, -0.1) is 0 Å². The first-order chi connectivity index (χ1) is 12.3. The van der Waals surface area contributed by atoms with E-state index < -0.39 is 16.1 Å². The molecule has 2 aromatic rings. The summed E-state index contributed by atoms with van der Waals surface area (Å²) in [7, 11) is -1.94. The molecule has 1 aliphatic rings. The minimum atomic E-state index is -3.64. The third kappa shape index (κ3) is 3.59. The molecule has 3 rings (SSSR count). The molecule has 0 spiro atoms. The molecular formula is C19H22N2O4S. The van der Waals surface area contributed by atoms with Gasteiger partial charge in [0.05, 0.1) is 10.6 Å². The van der Waals surface area contributed by atoms with E-state index in [9.17, 15) is 13.2 Å². The molecule has 1 aliphatic heterocycles. The summed E-state index contributed by atoms with van der Waals surface area (Å²) in [5.41, 5.74) is 2.27. The van der Waals surface area contributed by atoms with Crippen molar-refractivity contribution in [2.75, 3.05) is 18.5 Å². The molecule has 26 heavy (non-hydrogen) atoms. The van der Waals surface area contributed by atoms with Crippen LogP contribution in [0.25, 0.3) is 0 Å². The number of benzene rings is 2. The number of sulfonamides is 1. The summed E-state index contributed by atoms with van der Waals surface area (Å²) in [6.45, 7) is 3.72. The van der Waals surface area contributed by atoms with E-state index in [2.05, 4.69) is 4.72 Å². The molecule has 7 heteroatoms. The number of nitrogens with zero attached hydrogens (tertiary/aromatic N) is 1. The standard InChI is InChI=1S/C19H22N2O4S/c1-13-8-9-14(2)18(12-13)26(23,24)20-11-10-17-19(22)21(3)15-6-4-5-7-16(15)25-17/h4-9,12,17,20H,10-11H2,1-3H3. The second kappa shape index (κ2) is 7.09. The lowest BCUT2D eigenvalue weighted by atomic mass is 10.1. The predicted molar refractivity (Wildman–Crippen MR) is 100.0 cm³/mol. The number of likely N-dealkylation sites (N-methyl/N-ethyl adjacent to an activating group) is 1. The van der Waals surface area contributed by atoms with Crippen molar-refractivity contribution in [3.63, 3.8) is 0 Å². The van der Waals surface area contributed by atoms with Gasteiger partial charge in [0, 0.05) is 20.0 Å². The van der Waals surface area contributed by atoms with Gasteiger partial charge in [0.25, 0.3) is 5.91 Å². The van der Waals surface area contributed by atoms with Crippen LogP contribution in [0, 0.1) is 13.8 Å². The van der Waals surface area contributed by atoms with Crippen LogP contribution in [0.2, 0.25) is 0 Å². The monoisotopic (exact) mass is 374 g/mol. The maximum atomic E-state index is 12.5. The Kier molecular flexibility index (Phi) is 5.02. The molecule has 0 aliphatic carbocycles. The Morgan fingerprint density at radius 3 is 2.65 bits per heavy atom. The van der Waals surface area contributed by atoms with Gasteiger partial charge >= 0.3 is 0 Å². The predicted octanol–water partition coefficient (Wildman–Crippen LogP) is 2.40. The van der Waals surface area contributed by atoms with E-state index in [0.29, 0.717) is 17.0 Å². The van der Waals surface area contributed by atoms with Crippen LogP contribution in [-0.4, -0.2) is 34.0 Å². The number of nitrogens with one attached hydrogen (secondary N) is 1. The van der Waals surface area contributed by atoms with Gasteiger partial charge in [0.15, 0.2) is 6.10 Å². The molecule has 1 heterocycles. The van der Waals surface area contributed by atoms with Crippen LogP contribution in [0.4, 0.5) is 5.69 Å². The van der Waals surface area contributed by atoms with Crippen LogP contribution in [0.1, 0.15) is 17.5 Å². The zero-order chi connectivity index (χ0) is 18.9. The van der Waals surface area contributed by atoms with E-state index in [-0.39, 0.29) is 23.8 Å². The molecule has 1 unspecified atom stereocenters. The van der Waals surface area contributed by atoms with Gasteiger partial charge in [-0.25, -0.2) is 13.1 Å². The SMILES string of the molecule is Cc1ccc(C)c(S(=O)(=O)NCCC2Oc3ccccc3N(C)C2=O)c1. The topological polar surface area (TPSA) is 75.7 Å². The number of fused-ring (bicyclic) bond motifs is 1. The highest BCUT2D eigenvalue weighted by atomic mass is 32.2. The van der Waals surface area contributed by atoms with E-state index in [0.717, 1.165) is 5.56 Å². The third-order valence-corrected chi connectivity index (χ3v) is 6.04. The highest BCUT2D eigenvalue weighted by Crippen LogP contribution is 2.33. The van der Waals surface area contributed by atoms with Crippen LogP contribution >= 0.6 is 0 Å². The first kappa shape index (κ1) is 18.4. The molecule has 0 saturated heterocycles. The number of rotatable bonds is 5. The van der Waals surface area contributed by atoms with Crippen molar-refractivity contribution in [2.45, 2.75) is 31.3 Å². The summed E-state index contributed by atoms with van der Waals surface area (Å²) in [6, 6.07) is 12.6. The van der Waals surface area contributed by atoms with Crippen molar-refractivity contribution in [1.82, 2.24) is 4.72 Å². The first-order valence-electron chi connectivity index (χ1n) is 8.40. The van der Waals surface area contributed by atoms with Gasteiger partial charge in [-0.2, -0.15) is 0 Å². The summed E-state index contributed by atoms with van der Waals surface area (Å²) < 4.78 is 33.4. The molecule has 2 aromatic carbocycles. The van der Waals surface area contributed by atoms with Gasteiger partial charge in [0.2, 0.25) is 10.0 Å². The van der Waals surface area contributed by atoms with Gasteiger partial charge in [-0.05, 0) is 43.2 Å². The Labute approximate surface area is 153 Å². The summed E-state index contributed by atoms with van der Waals surface area (Å²) >= 11 is 0. The number of hydrogen-bond donors (Lipinski definition) is 1. The Bertz CT molecular complexity index is 940. The van der Waals surface area contributed by atoms with Crippen molar-refractivity contribution < 1.29 is 17.9 Å². The van der Waals surface area contributed by atoms with E-state index in [1.807, 2.05) is 31.2 Å². The fraction of sp³-hybridized carbons (Fsp3) is 0.316. The number of carbonyl (C=O) groups excluding carboxylic acids is 1. The number of carbonyl (C=O) groups is 1. The third-order valence-electron chi connectivity index (χ3n) is 4.43. The van der Waals surface area contributed by atoms with Crippen molar-refractivity contribution in [1.29, 1.82) is 0 Å². The number of para-hydroxylation sites is 2. The first-order valence-corrected chi connectivity index (χ1v) is 9.88. The van der Waals surface area contributed by atoms with Gasteiger partial charge < -0.3 is 9.64 Å². The summed E-state index contributed by atoms with van der Waals surface area (Å²) in [5.74, 6) is 0.437.